The highest BCUT2D eigenvalue weighted by Gasteiger charge is 2.18. The Morgan fingerprint density at radius 1 is 1.11 bits per heavy atom. The third-order valence-electron chi connectivity index (χ3n) is 2.77. The van der Waals surface area contributed by atoms with Crippen LogP contribution in [-0.4, -0.2) is 20.4 Å². The maximum Gasteiger partial charge on any atom is 0.239 e. The summed E-state index contributed by atoms with van der Waals surface area (Å²) in [5.74, 6) is -0.0634. The predicted octanol–water partition coefficient (Wildman–Crippen LogP) is 1.63. The van der Waals surface area contributed by atoms with Crippen molar-refractivity contribution in [1.82, 2.24) is 4.98 Å². The van der Waals surface area contributed by atoms with Crippen LogP contribution in [0.15, 0.2) is 48.8 Å². The van der Waals surface area contributed by atoms with E-state index in [2.05, 4.69) is 4.98 Å². The van der Waals surface area contributed by atoms with E-state index in [0.29, 0.717) is 16.9 Å². The van der Waals surface area contributed by atoms with Crippen LogP contribution in [0.3, 0.4) is 0 Å². The zero-order chi connectivity index (χ0) is 13.9. The molecule has 2 N–H and O–H groups in total. The van der Waals surface area contributed by atoms with Crippen LogP contribution in [0.1, 0.15) is 5.56 Å². The van der Waals surface area contributed by atoms with Crippen molar-refractivity contribution >= 4 is 21.4 Å². The highest BCUT2D eigenvalue weighted by Crippen LogP contribution is 2.18. The molecule has 1 aromatic heterocycles. The van der Waals surface area contributed by atoms with Crippen LogP contribution in [-0.2, 0) is 15.8 Å². The number of hydrogen-bond acceptors (Lipinski definition) is 4. The quantitative estimate of drug-likeness (QED) is 0.862. The van der Waals surface area contributed by atoms with Crippen LogP contribution in [0.4, 0.5) is 11.4 Å². The first kappa shape index (κ1) is 13.4. The molecular formula is C13H15N3O2S. The SMILES string of the molecule is CN(c1ccncc1)S(=O)(=O)Cc1ccc(N)cc1. The molecule has 1 heterocycles. The number of nitrogens with zero attached hydrogens (tertiary/aromatic N) is 2. The van der Waals surface area contributed by atoms with Gasteiger partial charge >= 0.3 is 0 Å². The Hall–Kier alpha value is -2.08. The van der Waals surface area contributed by atoms with E-state index in [1.54, 1.807) is 48.8 Å². The van der Waals surface area contributed by atoms with Crippen molar-refractivity contribution in [2.75, 3.05) is 17.1 Å². The van der Waals surface area contributed by atoms with Gasteiger partial charge in [0.2, 0.25) is 10.0 Å². The first-order valence-corrected chi connectivity index (χ1v) is 7.31. The van der Waals surface area contributed by atoms with Gasteiger partial charge in [0.1, 0.15) is 0 Å². The summed E-state index contributed by atoms with van der Waals surface area (Å²) in [6, 6.07) is 10.1. The average molecular weight is 277 g/mol. The van der Waals surface area contributed by atoms with Gasteiger partial charge in [-0.3, -0.25) is 9.29 Å². The summed E-state index contributed by atoms with van der Waals surface area (Å²) in [7, 11) is -1.88. The Morgan fingerprint density at radius 2 is 1.68 bits per heavy atom. The van der Waals surface area contributed by atoms with Crippen molar-refractivity contribution < 1.29 is 8.42 Å². The fraction of sp³-hybridized carbons (Fsp3) is 0.154. The highest BCUT2D eigenvalue weighted by atomic mass is 32.2. The van der Waals surface area contributed by atoms with Crippen molar-refractivity contribution in [2.24, 2.45) is 0 Å². The number of rotatable bonds is 4. The van der Waals surface area contributed by atoms with E-state index >= 15 is 0 Å². The molecule has 0 bridgehead atoms. The monoisotopic (exact) mass is 277 g/mol. The van der Waals surface area contributed by atoms with Crippen molar-refractivity contribution in [2.45, 2.75) is 5.75 Å². The van der Waals surface area contributed by atoms with Crippen molar-refractivity contribution in [3.8, 4) is 0 Å². The molecule has 0 aliphatic heterocycles. The number of pyridine rings is 1. The molecule has 0 radical (unpaired) electrons. The number of aromatic nitrogens is 1. The lowest BCUT2D eigenvalue weighted by atomic mass is 10.2. The molecule has 5 nitrogen and oxygen atoms in total. The number of nitrogen functional groups attached to an aromatic ring is 1. The normalized spacial score (nSPS) is 11.2. The Balaban J connectivity index is 2.21. The Bertz CT molecular complexity index is 639. The molecule has 0 saturated carbocycles. The van der Waals surface area contributed by atoms with Crippen LogP contribution in [0.25, 0.3) is 0 Å². The van der Waals surface area contributed by atoms with Gasteiger partial charge < -0.3 is 5.73 Å². The van der Waals surface area contributed by atoms with Crippen LogP contribution in [0, 0.1) is 0 Å². The van der Waals surface area contributed by atoms with Crippen molar-refractivity contribution in [1.29, 1.82) is 0 Å². The summed E-state index contributed by atoms with van der Waals surface area (Å²) in [6.07, 6.45) is 3.12. The Morgan fingerprint density at radius 3 is 2.26 bits per heavy atom. The third kappa shape index (κ3) is 3.23. The fourth-order valence-corrected chi connectivity index (χ4v) is 2.89. The third-order valence-corrected chi connectivity index (χ3v) is 4.52. The molecule has 6 heteroatoms. The Labute approximate surface area is 112 Å². The van der Waals surface area contributed by atoms with Gasteiger partial charge in [-0.25, -0.2) is 8.42 Å². The lowest BCUT2D eigenvalue weighted by Crippen LogP contribution is -2.27. The molecule has 0 saturated heterocycles. The van der Waals surface area contributed by atoms with Gasteiger partial charge in [0.25, 0.3) is 0 Å². The number of anilines is 2. The van der Waals surface area contributed by atoms with Gasteiger partial charge in [-0.1, -0.05) is 12.1 Å². The van der Waals surface area contributed by atoms with Crippen LogP contribution in [0.5, 0.6) is 0 Å². The zero-order valence-electron chi connectivity index (χ0n) is 10.5. The minimum atomic E-state index is -3.41. The largest absolute Gasteiger partial charge is 0.399 e. The molecule has 1 aromatic carbocycles. The van der Waals surface area contributed by atoms with Gasteiger partial charge in [-0.15, -0.1) is 0 Å². The van der Waals surface area contributed by atoms with E-state index in [1.165, 1.54) is 11.4 Å². The maximum atomic E-state index is 12.3. The second-order valence-electron chi connectivity index (χ2n) is 4.17. The molecule has 2 aromatic rings. The molecule has 19 heavy (non-hydrogen) atoms. The van der Waals surface area contributed by atoms with Crippen LogP contribution in [0.2, 0.25) is 0 Å². The summed E-state index contributed by atoms with van der Waals surface area (Å²) in [4.78, 5) is 3.87. The molecule has 0 spiro atoms. The van der Waals surface area contributed by atoms with Gasteiger partial charge in [0.15, 0.2) is 0 Å². The van der Waals surface area contributed by atoms with Gasteiger partial charge in [-0.05, 0) is 29.8 Å². The second kappa shape index (κ2) is 5.27. The molecular weight excluding hydrogens is 262 g/mol. The molecule has 0 fully saturated rings. The first-order chi connectivity index (χ1) is 8.99. The molecule has 2 rings (SSSR count). The second-order valence-corrected chi connectivity index (χ2v) is 6.17. The van der Waals surface area contributed by atoms with E-state index in [-0.39, 0.29) is 5.75 Å². The number of nitrogens with two attached hydrogens (primary N) is 1. The fourth-order valence-electron chi connectivity index (χ4n) is 1.64. The molecule has 0 unspecified atom stereocenters. The maximum absolute atomic E-state index is 12.3. The molecule has 100 valence electrons. The lowest BCUT2D eigenvalue weighted by Gasteiger charge is -2.19. The molecule has 0 aliphatic rings. The standard InChI is InChI=1S/C13H15N3O2S/c1-16(13-6-8-15-9-7-13)19(17,18)10-11-2-4-12(14)5-3-11/h2-9H,10,14H2,1H3. The van der Waals surface area contributed by atoms with E-state index in [1.807, 2.05) is 0 Å². The molecule has 0 aliphatic carbocycles. The summed E-state index contributed by atoms with van der Waals surface area (Å²) in [5.41, 5.74) is 7.48. The zero-order valence-corrected chi connectivity index (χ0v) is 11.3. The summed E-state index contributed by atoms with van der Waals surface area (Å²) < 4.78 is 25.8. The predicted molar refractivity (Wildman–Crippen MR) is 76.1 cm³/mol. The van der Waals surface area contributed by atoms with Crippen molar-refractivity contribution in [3.63, 3.8) is 0 Å². The average Bonchev–Trinajstić information content (AvgIpc) is 2.41. The van der Waals surface area contributed by atoms with Crippen LogP contribution < -0.4 is 10.0 Å². The lowest BCUT2D eigenvalue weighted by molar-refractivity contribution is 0.593. The summed E-state index contributed by atoms with van der Waals surface area (Å²) in [6.45, 7) is 0. The summed E-state index contributed by atoms with van der Waals surface area (Å²) >= 11 is 0. The molecule has 0 atom stereocenters. The minimum absolute atomic E-state index is 0.0634. The minimum Gasteiger partial charge on any atom is -0.399 e. The van der Waals surface area contributed by atoms with Gasteiger partial charge in [-0.2, -0.15) is 0 Å². The summed E-state index contributed by atoms with van der Waals surface area (Å²) in [5, 5.41) is 0. The number of benzene rings is 1. The number of hydrogen-bond donors (Lipinski definition) is 1. The van der Waals surface area contributed by atoms with Crippen LogP contribution >= 0.6 is 0 Å². The highest BCUT2D eigenvalue weighted by molar-refractivity contribution is 7.92. The first-order valence-electron chi connectivity index (χ1n) is 5.70. The van der Waals surface area contributed by atoms with Gasteiger partial charge in [0.05, 0.1) is 11.4 Å². The smallest absolute Gasteiger partial charge is 0.239 e. The van der Waals surface area contributed by atoms with E-state index in [4.69, 9.17) is 5.73 Å². The Kier molecular flexibility index (Phi) is 3.71. The van der Waals surface area contributed by atoms with E-state index in [0.717, 1.165) is 0 Å². The van der Waals surface area contributed by atoms with Gasteiger partial charge in [0, 0.05) is 25.1 Å². The molecule has 0 amide bonds. The van der Waals surface area contributed by atoms with Crippen molar-refractivity contribution in [3.05, 3.63) is 54.4 Å². The number of sulfonamides is 1. The topological polar surface area (TPSA) is 76.3 Å². The van der Waals surface area contributed by atoms with E-state index < -0.39 is 10.0 Å². The van der Waals surface area contributed by atoms with E-state index in [9.17, 15) is 8.42 Å².